The second-order valence-electron chi connectivity index (χ2n) is 6.76. The van der Waals surface area contributed by atoms with Gasteiger partial charge in [-0.2, -0.15) is 18.3 Å². The standard InChI is InChI=1S/C18H18F3N3O3/c1-11-14(16(27)23-17(6-3-7-17)9-15(25)26)10-22-24(11)13-5-2-4-12(8-13)18(19,20)21/h2,4-5,8,10H,3,6-7,9H2,1H3,(H,23,27)(H,25,26). The molecule has 144 valence electrons. The van der Waals surface area contributed by atoms with Gasteiger partial charge in [0.2, 0.25) is 0 Å². The van der Waals surface area contributed by atoms with Crippen LogP contribution < -0.4 is 5.32 Å². The lowest BCUT2D eigenvalue weighted by atomic mass is 9.74. The zero-order chi connectivity index (χ0) is 19.8. The molecule has 0 atom stereocenters. The first-order chi connectivity index (χ1) is 12.6. The molecule has 1 fully saturated rings. The topological polar surface area (TPSA) is 84.2 Å². The van der Waals surface area contributed by atoms with E-state index < -0.39 is 29.2 Å². The van der Waals surface area contributed by atoms with Gasteiger partial charge in [-0.1, -0.05) is 6.07 Å². The number of aliphatic carboxylic acids is 1. The molecule has 6 nitrogen and oxygen atoms in total. The van der Waals surface area contributed by atoms with Crippen molar-refractivity contribution in [2.75, 3.05) is 0 Å². The Balaban J connectivity index is 1.85. The summed E-state index contributed by atoms with van der Waals surface area (Å²) in [7, 11) is 0. The molecule has 1 aromatic heterocycles. The van der Waals surface area contributed by atoms with Crippen LogP contribution in [0.15, 0.2) is 30.5 Å². The Labute approximate surface area is 153 Å². The number of hydrogen-bond acceptors (Lipinski definition) is 3. The largest absolute Gasteiger partial charge is 0.481 e. The molecule has 2 N–H and O–H groups in total. The number of halogens is 3. The molecule has 0 aliphatic heterocycles. The zero-order valence-electron chi connectivity index (χ0n) is 14.5. The van der Waals surface area contributed by atoms with E-state index in [0.29, 0.717) is 18.5 Å². The van der Waals surface area contributed by atoms with E-state index in [1.165, 1.54) is 23.0 Å². The lowest BCUT2D eigenvalue weighted by molar-refractivity contribution is -0.139. The van der Waals surface area contributed by atoms with Gasteiger partial charge in [0.15, 0.2) is 0 Å². The van der Waals surface area contributed by atoms with Crippen LogP contribution in [-0.2, 0) is 11.0 Å². The fraction of sp³-hybridized carbons (Fsp3) is 0.389. The van der Waals surface area contributed by atoms with Crippen molar-refractivity contribution in [3.05, 3.63) is 47.3 Å². The minimum atomic E-state index is -4.48. The molecule has 0 radical (unpaired) electrons. The van der Waals surface area contributed by atoms with Crippen LogP contribution in [0, 0.1) is 6.92 Å². The number of carboxylic acids is 1. The first kappa shape index (κ1) is 18.9. The highest BCUT2D eigenvalue weighted by Gasteiger charge is 2.41. The van der Waals surface area contributed by atoms with Crippen LogP contribution in [0.4, 0.5) is 13.2 Å². The van der Waals surface area contributed by atoms with Crippen molar-refractivity contribution in [2.24, 2.45) is 0 Å². The number of hydrogen-bond donors (Lipinski definition) is 2. The van der Waals surface area contributed by atoms with E-state index in [1.807, 2.05) is 0 Å². The molecule has 9 heteroatoms. The number of carbonyl (C=O) groups is 2. The van der Waals surface area contributed by atoms with Crippen LogP contribution in [0.1, 0.15) is 47.3 Å². The van der Waals surface area contributed by atoms with Gasteiger partial charge in [0.1, 0.15) is 0 Å². The summed E-state index contributed by atoms with van der Waals surface area (Å²) in [6, 6.07) is 4.66. The highest BCUT2D eigenvalue weighted by atomic mass is 19.4. The highest BCUT2D eigenvalue weighted by Crippen LogP contribution is 2.35. The lowest BCUT2D eigenvalue weighted by Crippen LogP contribution is -2.54. The molecule has 0 saturated heterocycles. The summed E-state index contributed by atoms with van der Waals surface area (Å²) < 4.78 is 40.0. The van der Waals surface area contributed by atoms with Crippen molar-refractivity contribution in [3.63, 3.8) is 0 Å². The summed E-state index contributed by atoms with van der Waals surface area (Å²) in [5.41, 5.74) is -0.824. The van der Waals surface area contributed by atoms with Gasteiger partial charge in [-0.15, -0.1) is 0 Å². The molecule has 3 rings (SSSR count). The van der Waals surface area contributed by atoms with Crippen molar-refractivity contribution in [2.45, 2.75) is 44.3 Å². The number of aromatic nitrogens is 2. The first-order valence-electron chi connectivity index (χ1n) is 8.38. The molecule has 1 aliphatic carbocycles. The van der Waals surface area contributed by atoms with Gasteiger partial charge >= 0.3 is 12.1 Å². The predicted octanol–water partition coefficient (Wildman–Crippen LogP) is 3.33. The average Bonchev–Trinajstić information content (AvgIpc) is 2.93. The second-order valence-corrected chi connectivity index (χ2v) is 6.76. The molecule has 0 bridgehead atoms. The summed E-state index contributed by atoms with van der Waals surface area (Å²) in [6.45, 7) is 1.58. The number of nitrogens with one attached hydrogen (secondary N) is 1. The number of rotatable bonds is 5. The fourth-order valence-electron chi connectivity index (χ4n) is 3.25. The van der Waals surface area contributed by atoms with Crippen LogP contribution in [0.3, 0.4) is 0 Å². The molecule has 0 unspecified atom stereocenters. The highest BCUT2D eigenvalue weighted by molar-refractivity contribution is 5.96. The molecular formula is C18H18F3N3O3. The van der Waals surface area contributed by atoms with Crippen LogP contribution in [-0.4, -0.2) is 32.3 Å². The van der Waals surface area contributed by atoms with Gasteiger partial charge in [0.05, 0.1) is 40.7 Å². The van der Waals surface area contributed by atoms with Crippen molar-refractivity contribution in [1.29, 1.82) is 0 Å². The van der Waals surface area contributed by atoms with Crippen molar-refractivity contribution >= 4 is 11.9 Å². The SMILES string of the molecule is Cc1c(C(=O)NC2(CC(=O)O)CCC2)cnn1-c1cccc(C(F)(F)F)c1. The van der Waals surface area contributed by atoms with Crippen LogP contribution in [0.2, 0.25) is 0 Å². The molecule has 1 aromatic carbocycles. The second kappa shape index (κ2) is 6.71. The number of amides is 1. The smallest absolute Gasteiger partial charge is 0.416 e. The Morgan fingerprint density at radius 1 is 1.33 bits per heavy atom. The summed E-state index contributed by atoms with van der Waals surface area (Å²) in [4.78, 5) is 23.6. The summed E-state index contributed by atoms with van der Waals surface area (Å²) in [5, 5.41) is 15.8. The molecule has 0 spiro atoms. The maximum absolute atomic E-state index is 12.9. The first-order valence-corrected chi connectivity index (χ1v) is 8.38. The Kier molecular flexibility index (Phi) is 4.71. The molecule has 27 heavy (non-hydrogen) atoms. The van der Waals surface area contributed by atoms with Gasteiger partial charge in [-0.25, -0.2) is 4.68 Å². The van der Waals surface area contributed by atoms with E-state index in [-0.39, 0.29) is 17.7 Å². The number of carbonyl (C=O) groups excluding carboxylic acids is 1. The van der Waals surface area contributed by atoms with Crippen LogP contribution in [0.25, 0.3) is 5.69 Å². The van der Waals surface area contributed by atoms with Crippen molar-refractivity contribution in [3.8, 4) is 5.69 Å². The molecule has 1 saturated carbocycles. The number of nitrogens with zero attached hydrogens (tertiary/aromatic N) is 2. The van der Waals surface area contributed by atoms with Gasteiger partial charge in [-0.3, -0.25) is 9.59 Å². The van der Waals surface area contributed by atoms with Crippen molar-refractivity contribution < 1.29 is 27.9 Å². The van der Waals surface area contributed by atoms with E-state index in [9.17, 15) is 22.8 Å². The van der Waals surface area contributed by atoms with E-state index in [4.69, 9.17) is 5.11 Å². The minimum Gasteiger partial charge on any atom is -0.481 e. The van der Waals surface area contributed by atoms with Crippen LogP contribution >= 0.6 is 0 Å². The zero-order valence-corrected chi connectivity index (χ0v) is 14.5. The normalized spacial score (nSPS) is 15.9. The van der Waals surface area contributed by atoms with Crippen LogP contribution in [0.5, 0.6) is 0 Å². The summed E-state index contributed by atoms with van der Waals surface area (Å²) >= 11 is 0. The molecular weight excluding hydrogens is 363 g/mol. The maximum atomic E-state index is 12.9. The van der Waals surface area contributed by atoms with E-state index >= 15 is 0 Å². The minimum absolute atomic E-state index is 0.167. The summed E-state index contributed by atoms with van der Waals surface area (Å²) in [6.07, 6.45) is -1.39. The number of benzene rings is 1. The number of carboxylic acid groups (broad SMARTS) is 1. The Hall–Kier alpha value is -2.84. The monoisotopic (exact) mass is 381 g/mol. The third-order valence-electron chi connectivity index (χ3n) is 4.85. The van der Waals surface area contributed by atoms with Gasteiger partial charge < -0.3 is 10.4 Å². The Morgan fingerprint density at radius 2 is 2.04 bits per heavy atom. The fourth-order valence-corrected chi connectivity index (χ4v) is 3.25. The molecule has 2 aromatic rings. The Bertz CT molecular complexity index is 885. The van der Waals surface area contributed by atoms with E-state index in [1.54, 1.807) is 6.92 Å². The predicted molar refractivity (Wildman–Crippen MR) is 89.6 cm³/mol. The Morgan fingerprint density at radius 3 is 2.59 bits per heavy atom. The third-order valence-corrected chi connectivity index (χ3v) is 4.85. The third kappa shape index (κ3) is 3.81. The lowest BCUT2D eigenvalue weighted by Gasteiger charge is -2.41. The molecule has 1 aliphatic rings. The van der Waals surface area contributed by atoms with Gasteiger partial charge in [0, 0.05) is 0 Å². The summed E-state index contributed by atoms with van der Waals surface area (Å²) in [5.74, 6) is -1.47. The van der Waals surface area contributed by atoms with Crippen molar-refractivity contribution in [1.82, 2.24) is 15.1 Å². The maximum Gasteiger partial charge on any atom is 0.416 e. The van der Waals surface area contributed by atoms with E-state index in [0.717, 1.165) is 18.6 Å². The average molecular weight is 381 g/mol. The van der Waals surface area contributed by atoms with E-state index in [2.05, 4.69) is 10.4 Å². The molecule has 1 heterocycles. The van der Waals surface area contributed by atoms with Gasteiger partial charge in [-0.05, 0) is 44.4 Å². The molecule has 1 amide bonds. The quantitative estimate of drug-likeness (QED) is 0.832. The number of alkyl halides is 3. The van der Waals surface area contributed by atoms with Gasteiger partial charge in [0.25, 0.3) is 5.91 Å².